The Morgan fingerprint density at radius 2 is 2.26 bits per heavy atom. The normalized spacial score (nSPS) is 20.7. The Kier molecular flexibility index (Phi) is 3.86. The molecule has 1 aliphatic rings. The van der Waals surface area contributed by atoms with Crippen molar-refractivity contribution in [3.63, 3.8) is 0 Å². The summed E-state index contributed by atoms with van der Waals surface area (Å²) in [5, 5.41) is 11.4. The van der Waals surface area contributed by atoms with Crippen molar-refractivity contribution in [3.05, 3.63) is 29.8 Å². The molecule has 0 unspecified atom stereocenters. The highest BCUT2D eigenvalue weighted by Crippen LogP contribution is 2.22. The lowest BCUT2D eigenvalue weighted by Gasteiger charge is -2.08. The van der Waals surface area contributed by atoms with Crippen LogP contribution < -0.4 is 5.32 Å². The maximum absolute atomic E-state index is 11.8. The van der Waals surface area contributed by atoms with Crippen LogP contribution in [0.5, 0.6) is 0 Å². The summed E-state index contributed by atoms with van der Waals surface area (Å²) >= 11 is 0. The van der Waals surface area contributed by atoms with Gasteiger partial charge in [0.15, 0.2) is 9.84 Å². The van der Waals surface area contributed by atoms with Gasteiger partial charge in [-0.25, -0.2) is 8.42 Å². The van der Waals surface area contributed by atoms with Gasteiger partial charge in [0.05, 0.1) is 23.1 Å². The maximum Gasteiger partial charge on any atom is 0.224 e. The number of hydrogen-bond acceptors (Lipinski definition) is 4. The number of nitrogens with zero attached hydrogens (tertiary/aromatic N) is 1. The molecule has 1 N–H and O–H groups in total. The molecule has 0 radical (unpaired) electrons. The van der Waals surface area contributed by atoms with Crippen LogP contribution in [0.25, 0.3) is 0 Å². The van der Waals surface area contributed by atoms with Crippen molar-refractivity contribution < 1.29 is 13.2 Å². The molecular weight excluding hydrogens is 264 g/mol. The summed E-state index contributed by atoms with van der Waals surface area (Å²) in [4.78, 5) is 11.8. The molecule has 2 rings (SSSR count). The number of nitrogens with one attached hydrogen (secondary N) is 1. The molecule has 0 bridgehead atoms. The number of benzene rings is 1. The molecule has 1 atom stereocenters. The fourth-order valence-corrected chi connectivity index (χ4v) is 4.04. The first-order valence-corrected chi connectivity index (χ1v) is 7.81. The first kappa shape index (κ1) is 13.6. The average Bonchev–Trinajstić information content (AvgIpc) is 2.68. The summed E-state index contributed by atoms with van der Waals surface area (Å²) in [5.74, 6) is -0.0330. The zero-order chi connectivity index (χ0) is 13.9. The van der Waals surface area contributed by atoms with Gasteiger partial charge in [0, 0.05) is 12.1 Å². The second kappa shape index (κ2) is 5.41. The third-order valence-electron chi connectivity index (χ3n) is 3.08. The van der Waals surface area contributed by atoms with Gasteiger partial charge in [-0.2, -0.15) is 5.26 Å². The van der Waals surface area contributed by atoms with E-state index >= 15 is 0 Å². The third kappa shape index (κ3) is 3.80. The highest BCUT2D eigenvalue weighted by Gasteiger charge is 2.29. The van der Waals surface area contributed by atoms with Gasteiger partial charge in [-0.1, -0.05) is 6.07 Å². The number of nitriles is 1. The summed E-state index contributed by atoms with van der Waals surface area (Å²) in [7, 11) is -2.95. The van der Waals surface area contributed by atoms with Crippen molar-refractivity contribution in [1.29, 1.82) is 5.26 Å². The van der Waals surface area contributed by atoms with Gasteiger partial charge in [-0.3, -0.25) is 4.79 Å². The van der Waals surface area contributed by atoms with Crippen LogP contribution in [-0.2, 0) is 14.6 Å². The predicted molar refractivity (Wildman–Crippen MR) is 71.2 cm³/mol. The summed E-state index contributed by atoms with van der Waals surface area (Å²) in [5.41, 5.74) is 1.03. The van der Waals surface area contributed by atoms with E-state index in [2.05, 4.69) is 5.32 Å². The van der Waals surface area contributed by atoms with Crippen molar-refractivity contribution in [2.24, 2.45) is 5.92 Å². The Balaban J connectivity index is 1.93. The van der Waals surface area contributed by atoms with E-state index in [-0.39, 0.29) is 29.8 Å². The molecule has 0 aliphatic carbocycles. The molecule has 1 heterocycles. The molecule has 0 spiro atoms. The molecule has 1 aliphatic heterocycles. The first-order chi connectivity index (χ1) is 8.98. The van der Waals surface area contributed by atoms with E-state index in [0.29, 0.717) is 17.7 Å². The minimum atomic E-state index is -2.95. The smallest absolute Gasteiger partial charge is 0.224 e. The number of sulfone groups is 1. The molecule has 1 aromatic carbocycles. The standard InChI is InChI=1S/C13H14N2O3S/c14-8-10-2-1-3-12(6-10)15-13(16)7-11-4-5-19(17,18)9-11/h1-3,6,11H,4-5,7,9H2,(H,15,16)/t11-/m0/s1. The highest BCUT2D eigenvalue weighted by atomic mass is 32.2. The van der Waals surface area contributed by atoms with Gasteiger partial charge in [0.2, 0.25) is 5.91 Å². The van der Waals surface area contributed by atoms with Crippen molar-refractivity contribution >= 4 is 21.4 Å². The molecule has 1 fully saturated rings. The van der Waals surface area contributed by atoms with Crippen molar-refractivity contribution in [2.75, 3.05) is 16.8 Å². The van der Waals surface area contributed by atoms with Gasteiger partial charge >= 0.3 is 0 Å². The monoisotopic (exact) mass is 278 g/mol. The minimum Gasteiger partial charge on any atom is -0.326 e. The quantitative estimate of drug-likeness (QED) is 0.903. The zero-order valence-electron chi connectivity index (χ0n) is 10.3. The van der Waals surface area contributed by atoms with E-state index in [1.54, 1.807) is 24.3 Å². The number of hydrogen-bond donors (Lipinski definition) is 1. The topological polar surface area (TPSA) is 87.0 Å². The molecule has 6 heteroatoms. The average molecular weight is 278 g/mol. The van der Waals surface area contributed by atoms with Crippen LogP contribution in [0.1, 0.15) is 18.4 Å². The Morgan fingerprint density at radius 1 is 1.47 bits per heavy atom. The summed E-state index contributed by atoms with van der Waals surface area (Å²) in [6, 6.07) is 8.62. The Morgan fingerprint density at radius 3 is 2.89 bits per heavy atom. The van der Waals surface area contributed by atoms with E-state index in [1.165, 1.54) is 0 Å². The number of carbonyl (C=O) groups excluding carboxylic acids is 1. The zero-order valence-corrected chi connectivity index (χ0v) is 11.1. The van der Waals surface area contributed by atoms with Gasteiger partial charge in [-0.15, -0.1) is 0 Å². The van der Waals surface area contributed by atoms with Gasteiger partial charge in [0.1, 0.15) is 0 Å². The van der Waals surface area contributed by atoms with Crippen molar-refractivity contribution in [3.8, 4) is 6.07 Å². The molecule has 1 saturated heterocycles. The molecule has 19 heavy (non-hydrogen) atoms. The summed E-state index contributed by atoms with van der Waals surface area (Å²) < 4.78 is 22.6. The fraction of sp³-hybridized carbons (Fsp3) is 0.385. The van der Waals surface area contributed by atoms with E-state index < -0.39 is 9.84 Å². The van der Waals surface area contributed by atoms with Crippen LogP contribution in [0.15, 0.2) is 24.3 Å². The molecule has 100 valence electrons. The van der Waals surface area contributed by atoms with Crippen LogP contribution in [0.3, 0.4) is 0 Å². The van der Waals surface area contributed by atoms with Crippen LogP contribution >= 0.6 is 0 Å². The SMILES string of the molecule is N#Cc1cccc(NC(=O)C[C@@H]2CCS(=O)(=O)C2)c1. The molecule has 1 aromatic rings. The second-order valence-electron chi connectivity index (χ2n) is 4.71. The fourth-order valence-electron chi connectivity index (χ4n) is 2.17. The molecular formula is C13H14N2O3S. The van der Waals surface area contributed by atoms with Crippen LogP contribution in [0.2, 0.25) is 0 Å². The molecule has 1 amide bonds. The largest absolute Gasteiger partial charge is 0.326 e. The molecule has 0 saturated carbocycles. The number of rotatable bonds is 3. The van der Waals surface area contributed by atoms with Crippen LogP contribution in [0, 0.1) is 17.2 Å². The van der Waals surface area contributed by atoms with Crippen LogP contribution in [-0.4, -0.2) is 25.8 Å². The van der Waals surface area contributed by atoms with E-state index in [4.69, 9.17) is 5.26 Å². The Labute approximate surface area is 112 Å². The number of anilines is 1. The lowest BCUT2D eigenvalue weighted by Crippen LogP contribution is -2.17. The predicted octanol–water partition coefficient (Wildman–Crippen LogP) is 1.32. The lowest BCUT2D eigenvalue weighted by atomic mass is 10.0. The van der Waals surface area contributed by atoms with Crippen molar-refractivity contribution in [1.82, 2.24) is 0 Å². The molecule has 0 aromatic heterocycles. The van der Waals surface area contributed by atoms with Crippen molar-refractivity contribution in [2.45, 2.75) is 12.8 Å². The highest BCUT2D eigenvalue weighted by molar-refractivity contribution is 7.91. The Hall–Kier alpha value is -1.87. The number of amides is 1. The Bertz CT molecular complexity index is 632. The van der Waals surface area contributed by atoms with E-state index in [9.17, 15) is 13.2 Å². The maximum atomic E-state index is 11.8. The van der Waals surface area contributed by atoms with Gasteiger partial charge in [-0.05, 0) is 30.5 Å². The first-order valence-electron chi connectivity index (χ1n) is 5.99. The minimum absolute atomic E-state index is 0.0934. The summed E-state index contributed by atoms with van der Waals surface area (Å²) in [6.07, 6.45) is 0.754. The van der Waals surface area contributed by atoms with E-state index in [0.717, 1.165) is 0 Å². The third-order valence-corrected chi connectivity index (χ3v) is 4.91. The summed E-state index contributed by atoms with van der Waals surface area (Å²) in [6.45, 7) is 0. The van der Waals surface area contributed by atoms with E-state index in [1.807, 2.05) is 6.07 Å². The second-order valence-corrected chi connectivity index (χ2v) is 6.94. The van der Waals surface area contributed by atoms with Crippen LogP contribution in [0.4, 0.5) is 5.69 Å². The number of carbonyl (C=O) groups is 1. The van der Waals surface area contributed by atoms with Gasteiger partial charge < -0.3 is 5.32 Å². The molecule has 5 nitrogen and oxygen atoms in total. The lowest BCUT2D eigenvalue weighted by molar-refractivity contribution is -0.116. The van der Waals surface area contributed by atoms with Gasteiger partial charge in [0.25, 0.3) is 0 Å².